The normalized spacial score (nSPS) is 9.85. The Labute approximate surface area is 160 Å². The van der Waals surface area contributed by atoms with Crippen LogP contribution >= 0.6 is 12.6 Å². The number of carbonyl (C=O) groups excluding carboxylic acids is 1. The van der Waals surface area contributed by atoms with E-state index in [9.17, 15) is 14.7 Å². The second-order valence-corrected chi connectivity index (χ2v) is 5.77. The highest BCUT2D eigenvalue weighted by Gasteiger charge is 2.19. The predicted octanol–water partition coefficient (Wildman–Crippen LogP) is 2.90. The number of carboxylic acids is 1. The number of thiol groups is 1. The molecule has 4 N–H and O–H groups in total. The molecule has 0 radical (unpaired) electrons. The maximum absolute atomic E-state index is 12.4. The Morgan fingerprint density at radius 3 is 2.67 bits per heavy atom. The molecule has 0 aliphatic rings. The number of nitrogens with two attached hydrogens (primary N) is 1. The third kappa shape index (κ3) is 4.63. The topological polar surface area (TPSA) is 142 Å². The van der Waals surface area contributed by atoms with Crippen LogP contribution in [0.1, 0.15) is 33.3 Å². The molecule has 1 amide bonds. The average Bonchev–Trinajstić information content (AvgIpc) is 3.05. The first kappa shape index (κ1) is 20.0. The number of aromatic nitrogens is 1. The van der Waals surface area contributed by atoms with Crippen molar-refractivity contribution < 1.29 is 19.2 Å². The second kappa shape index (κ2) is 8.84. The molecule has 0 spiro atoms. The molecule has 0 aliphatic heterocycles. The van der Waals surface area contributed by atoms with Gasteiger partial charge in [-0.3, -0.25) is 4.79 Å². The Kier molecular flexibility index (Phi) is 6.54. The number of nitrogens with zero attached hydrogens (tertiary/aromatic N) is 2. The maximum atomic E-state index is 12.4. The number of aromatic carboxylic acids is 1. The minimum atomic E-state index is -1.26. The fourth-order valence-electron chi connectivity index (χ4n) is 2.17. The molecule has 0 aliphatic carbocycles. The Balaban J connectivity index is 0.000000817. The van der Waals surface area contributed by atoms with E-state index in [0.717, 1.165) is 6.54 Å². The summed E-state index contributed by atoms with van der Waals surface area (Å²) in [5.74, 6) is -1.88. The van der Waals surface area contributed by atoms with Gasteiger partial charge in [-0.25, -0.2) is 4.79 Å². The molecule has 0 bridgehead atoms. The van der Waals surface area contributed by atoms with Crippen molar-refractivity contribution >= 4 is 41.2 Å². The second-order valence-electron chi connectivity index (χ2n) is 5.25. The highest BCUT2D eigenvalue weighted by atomic mass is 32.1. The summed E-state index contributed by atoms with van der Waals surface area (Å²) in [6.07, 6.45) is 0. The summed E-state index contributed by atoms with van der Waals surface area (Å²) in [7, 11) is 0. The van der Waals surface area contributed by atoms with Crippen LogP contribution in [0.2, 0.25) is 0 Å². The van der Waals surface area contributed by atoms with Crippen molar-refractivity contribution in [3.8, 4) is 6.07 Å². The molecule has 138 valence electrons. The first-order chi connectivity index (χ1) is 12.9. The number of hydrogen-bond acceptors (Lipinski definition) is 7. The average molecular weight is 384 g/mol. The number of anilines is 1. The molecule has 27 heavy (non-hydrogen) atoms. The third-order valence-electron chi connectivity index (χ3n) is 3.30. The lowest BCUT2D eigenvalue weighted by Gasteiger charge is -2.07. The van der Waals surface area contributed by atoms with Crippen molar-refractivity contribution in [2.75, 3.05) is 11.9 Å². The number of nitriles is 1. The monoisotopic (exact) mass is 384 g/mol. The molecule has 0 saturated heterocycles. The van der Waals surface area contributed by atoms with Crippen LogP contribution < -0.4 is 11.1 Å². The lowest BCUT2D eigenvalue weighted by molar-refractivity contribution is 0.0698. The number of amides is 1. The predicted molar refractivity (Wildman–Crippen MR) is 102 cm³/mol. The molecular formula is C18H16N4O4S. The standard InChI is InChI=1S/C16H9N3O4S.C2H7N/c17-7-8-1-3-12(10(5-8)16(21)22)18-15(20)14-11-6-9(24)2-4-13(11)23-19-14;1-2-3/h1-6,24H,(H,18,20)(H,21,22);2-3H2,1H3. The van der Waals surface area contributed by atoms with Crippen LogP contribution in [-0.2, 0) is 0 Å². The number of nitrogens with one attached hydrogen (secondary N) is 1. The number of carboxylic acid groups (broad SMARTS) is 1. The van der Waals surface area contributed by atoms with E-state index in [1.54, 1.807) is 18.2 Å². The maximum Gasteiger partial charge on any atom is 0.337 e. The number of rotatable bonds is 3. The van der Waals surface area contributed by atoms with Gasteiger partial charge in [0.05, 0.1) is 28.3 Å². The first-order valence-corrected chi connectivity index (χ1v) is 8.23. The minimum Gasteiger partial charge on any atom is -0.478 e. The molecule has 1 aromatic heterocycles. The Morgan fingerprint density at radius 2 is 2.04 bits per heavy atom. The van der Waals surface area contributed by atoms with Crippen molar-refractivity contribution in [3.63, 3.8) is 0 Å². The number of benzene rings is 2. The molecule has 3 rings (SSSR count). The van der Waals surface area contributed by atoms with E-state index in [4.69, 9.17) is 15.5 Å². The summed E-state index contributed by atoms with van der Waals surface area (Å²) in [6, 6.07) is 10.8. The fraction of sp³-hybridized carbons (Fsp3) is 0.111. The van der Waals surface area contributed by atoms with E-state index in [-0.39, 0.29) is 22.5 Å². The van der Waals surface area contributed by atoms with Gasteiger partial charge in [0.15, 0.2) is 11.3 Å². The van der Waals surface area contributed by atoms with Gasteiger partial charge in [0.2, 0.25) is 0 Å². The van der Waals surface area contributed by atoms with E-state index in [1.807, 2.05) is 13.0 Å². The minimum absolute atomic E-state index is 0.0154. The molecule has 3 aromatic rings. The highest BCUT2D eigenvalue weighted by Crippen LogP contribution is 2.24. The summed E-state index contributed by atoms with van der Waals surface area (Å²) < 4.78 is 5.07. The Bertz CT molecular complexity index is 1040. The largest absolute Gasteiger partial charge is 0.478 e. The van der Waals surface area contributed by atoms with E-state index in [0.29, 0.717) is 15.9 Å². The zero-order valence-electron chi connectivity index (χ0n) is 14.3. The van der Waals surface area contributed by atoms with Crippen LogP contribution in [0, 0.1) is 11.3 Å². The van der Waals surface area contributed by atoms with Crippen LogP contribution in [0.15, 0.2) is 45.8 Å². The molecule has 8 nitrogen and oxygen atoms in total. The van der Waals surface area contributed by atoms with E-state index < -0.39 is 11.9 Å². The third-order valence-corrected chi connectivity index (χ3v) is 3.57. The molecule has 1 heterocycles. The fourth-order valence-corrected chi connectivity index (χ4v) is 2.38. The van der Waals surface area contributed by atoms with Gasteiger partial charge in [0.25, 0.3) is 5.91 Å². The summed E-state index contributed by atoms with van der Waals surface area (Å²) in [5, 5.41) is 24.7. The molecule has 2 aromatic carbocycles. The van der Waals surface area contributed by atoms with Crippen LogP contribution in [0.3, 0.4) is 0 Å². The summed E-state index contributed by atoms with van der Waals surface area (Å²) in [4.78, 5) is 24.4. The molecule has 9 heteroatoms. The van der Waals surface area contributed by atoms with Crippen LogP contribution in [0.25, 0.3) is 11.0 Å². The molecule has 0 unspecified atom stereocenters. The molecule has 0 saturated carbocycles. The van der Waals surface area contributed by atoms with Gasteiger partial charge in [-0.05, 0) is 42.9 Å². The van der Waals surface area contributed by atoms with Gasteiger partial charge in [-0.1, -0.05) is 12.1 Å². The Morgan fingerprint density at radius 1 is 1.33 bits per heavy atom. The highest BCUT2D eigenvalue weighted by molar-refractivity contribution is 7.80. The van der Waals surface area contributed by atoms with Crippen molar-refractivity contribution in [3.05, 3.63) is 53.2 Å². The van der Waals surface area contributed by atoms with E-state index in [2.05, 4.69) is 23.1 Å². The molecule has 0 fully saturated rings. The number of fused-ring (bicyclic) bond motifs is 1. The summed E-state index contributed by atoms with van der Waals surface area (Å²) >= 11 is 4.21. The zero-order valence-corrected chi connectivity index (χ0v) is 15.2. The smallest absolute Gasteiger partial charge is 0.337 e. The molecule has 0 atom stereocenters. The first-order valence-electron chi connectivity index (χ1n) is 7.78. The van der Waals surface area contributed by atoms with Crippen molar-refractivity contribution in [2.45, 2.75) is 11.8 Å². The van der Waals surface area contributed by atoms with Gasteiger partial charge in [0.1, 0.15) is 0 Å². The number of carbonyl (C=O) groups is 2. The van der Waals surface area contributed by atoms with Gasteiger partial charge in [0, 0.05) is 4.90 Å². The van der Waals surface area contributed by atoms with Crippen LogP contribution in [0.4, 0.5) is 5.69 Å². The Hall–Kier alpha value is -3.35. The van der Waals surface area contributed by atoms with Gasteiger partial charge >= 0.3 is 5.97 Å². The van der Waals surface area contributed by atoms with Crippen molar-refractivity contribution in [2.24, 2.45) is 5.73 Å². The SMILES string of the molecule is CCN.N#Cc1ccc(NC(=O)c2noc3ccc(S)cc23)c(C(=O)O)c1. The zero-order chi connectivity index (χ0) is 20.0. The number of hydrogen-bond donors (Lipinski definition) is 4. The van der Waals surface area contributed by atoms with Gasteiger partial charge in [-0.15, -0.1) is 12.6 Å². The summed E-state index contributed by atoms with van der Waals surface area (Å²) in [5.41, 5.74) is 5.32. The van der Waals surface area contributed by atoms with Gasteiger partial charge < -0.3 is 20.7 Å². The van der Waals surface area contributed by atoms with E-state index >= 15 is 0 Å². The van der Waals surface area contributed by atoms with Crippen molar-refractivity contribution in [1.82, 2.24) is 5.16 Å². The summed E-state index contributed by atoms with van der Waals surface area (Å²) in [6.45, 7) is 2.65. The van der Waals surface area contributed by atoms with Crippen LogP contribution in [0.5, 0.6) is 0 Å². The quantitative estimate of drug-likeness (QED) is 0.508. The van der Waals surface area contributed by atoms with Crippen molar-refractivity contribution in [1.29, 1.82) is 5.26 Å². The van der Waals surface area contributed by atoms with Crippen LogP contribution in [-0.4, -0.2) is 28.7 Å². The lowest BCUT2D eigenvalue weighted by atomic mass is 10.1. The lowest BCUT2D eigenvalue weighted by Crippen LogP contribution is -2.15. The van der Waals surface area contributed by atoms with Gasteiger partial charge in [-0.2, -0.15) is 5.26 Å². The van der Waals surface area contributed by atoms with E-state index in [1.165, 1.54) is 18.2 Å². The molecular weight excluding hydrogens is 368 g/mol.